The van der Waals surface area contributed by atoms with E-state index in [9.17, 15) is 9.59 Å². The van der Waals surface area contributed by atoms with Gasteiger partial charge < -0.3 is 9.47 Å². The maximum Gasteiger partial charge on any atom is 0.339 e. The van der Waals surface area contributed by atoms with Crippen LogP contribution in [0.15, 0.2) is 60.7 Å². The van der Waals surface area contributed by atoms with Crippen LogP contribution >= 0.6 is 0 Å². The second-order valence-electron chi connectivity index (χ2n) is 7.37. The standard InChI is InChI=1S/C26H26O4/c1-17-18(2)20(4)24(26(28)30-16-22-13-9-6-10-14-22)23(19(17)3)25(27)29-15-21-11-7-5-8-12-21/h5-14H,15-16H2,1-4H3. The lowest BCUT2D eigenvalue weighted by atomic mass is 9.89. The van der Waals surface area contributed by atoms with Gasteiger partial charge in [0.15, 0.2) is 0 Å². The molecule has 0 aliphatic carbocycles. The van der Waals surface area contributed by atoms with Gasteiger partial charge in [-0.25, -0.2) is 9.59 Å². The summed E-state index contributed by atoms with van der Waals surface area (Å²) in [5.74, 6) is -1.04. The number of ether oxygens (including phenoxy) is 2. The van der Waals surface area contributed by atoms with Gasteiger partial charge in [0, 0.05) is 0 Å². The molecule has 30 heavy (non-hydrogen) atoms. The van der Waals surface area contributed by atoms with E-state index >= 15 is 0 Å². The van der Waals surface area contributed by atoms with Gasteiger partial charge in [0.05, 0.1) is 11.1 Å². The van der Waals surface area contributed by atoms with Gasteiger partial charge in [-0.05, 0) is 61.1 Å². The van der Waals surface area contributed by atoms with Crippen LogP contribution in [0.4, 0.5) is 0 Å². The first-order valence-electron chi connectivity index (χ1n) is 9.92. The minimum absolute atomic E-state index is 0.142. The van der Waals surface area contributed by atoms with Crippen molar-refractivity contribution in [3.63, 3.8) is 0 Å². The second-order valence-corrected chi connectivity index (χ2v) is 7.37. The Labute approximate surface area is 177 Å². The quantitative estimate of drug-likeness (QED) is 0.501. The van der Waals surface area contributed by atoms with Crippen molar-refractivity contribution in [2.75, 3.05) is 0 Å². The molecule has 0 saturated carbocycles. The molecule has 0 aromatic heterocycles. The van der Waals surface area contributed by atoms with Gasteiger partial charge >= 0.3 is 11.9 Å². The van der Waals surface area contributed by atoms with Crippen LogP contribution in [0.3, 0.4) is 0 Å². The Morgan fingerprint density at radius 3 is 1.23 bits per heavy atom. The highest BCUT2D eigenvalue weighted by Gasteiger charge is 2.27. The van der Waals surface area contributed by atoms with Crippen LogP contribution in [-0.2, 0) is 22.7 Å². The largest absolute Gasteiger partial charge is 0.457 e. The van der Waals surface area contributed by atoms with Crippen molar-refractivity contribution in [2.24, 2.45) is 0 Å². The summed E-state index contributed by atoms with van der Waals surface area (Å²) in [5, 5.41) is 0. The highest BCUT2D eigenvalue weighted by atomic mass is 16.5. The molecule has 0 heterocycles. The van der Waals surface area contributed by atoms with Crippen molar-refractivity contribution >= 4 is 11.9 Å². The fourth-order valence-electron chi connectivity index (χ4n) is 3.41. The van der Waals surface area contributed by atoms with Gasteiger partial charge in [0.25, 0.3) is 0 Å². The molecular formula is C26H26O4. The fourth-order valence-corrected chi connectivity index (χ4v) is 3.41. The van der Waals surface area contributed by atoms with Crippen molar-refractivity contribution < 1.29 is 19.1 Å². The first kappa shape index (κ1) is 21.3. The molecule has 0 bridgehead atoms. The van der Waals surface area contributed by atoms with Crippen LogP contribution in [0.25, 0.3) is 0 Å². The number of esters is 2. The van der Waals surface area contributed by atoms with E-state index in [1.165, 1.54) is 0 Å². The number of hydrogen-bond donors (Lipinski definition) is 0. The van der Waals surface area contributed by atoms with E-state index < -0.39 is 11.9 Å². The molecule has 3 aromatic carbocycles. The normalized spacial score (nSPS) is 10.5. The van der Waals surface area contributed by atoms with Gasteiger partial charge in [-0.2, -0.15) is 0 Å². The number of carbonyl (C=O) groups is 2. The molecule has 0 fully saturated rings. The Balaban J connectivity index is 1.91. The summed E-state index contributed by atoms with van der Waals surface area (Å²) in [6.45, 7) is 7.87. The van der Waals surface area contributed by atoms with Crippen molar-refractivity contribution in [3.05, 3.63) is 105 Å². The maximum atomic E-state index is 13.0. The van der Waals surface area contributed by atoms with E-state index in [1.54, 1.807) is 0 Å². The highest BCUT2D eigenvalue weighted by Crippen LogP contribution is 2.28. The highest BCUT2D eigenvalue weighted by molar-refractivity contribution is 6.05. The summed E-state index contributed by atoms with van der Waals surface area (Å²) in [7, 11) is 0. The predicted octanol–water partition coefficient (Wildman–Crippen LogP) is 5.63. The van der Waals surface area contributed by atoms with Crippen LogP contribution < -0.4 is 0 Å². The summed E-state index contributed by atoms with van der Waals surface area (Å²) in [4.78, 5) is 26.0. The fraction of sp³-hybridized carbons (Fsp3) is 0.231. The van der Waals surface area contributed by atoms with Crippen LogP contribution in [0.1, 0.15) is 54.1 Å². The third-order valence-electron chi connectivity index (χ3n) is 5.52. The molecule has 154 valence electrons. The summed E-state index contributed by atoms with van der Waals surface area (Å²) in [6.07, 6.45) is 0. The maximum absolute atomic E-state index is 13.0. The molecule has 0 spiro atoms. The molecular weight excluding hydrogens is 376 g/mol. The molecule has 0 saturated heterocycles. The number of carbonyl (C=O) groups excluding carboxylic acids is 2. The average molecular weight is 402 g/mol. The summed E-state index contributed by atoms with van der Waals surface area (Å²) in [6, 6.07) is 18.9. The zero-order chi connectivity index (χ0) is 21.7. The topological polar surface area (TPSA) is 52.6 Å². The molecule has 4 nitrogen and oxygen atoms in total. The lowest BCUT2D eigenvalue weighted by Gasteiger charge is -2.19. The van der Waals surface area contributed by atoms with Crippen LogP contribution in [0.5, 0.6) is 0 Å². The second kappa shape index (κ2) is 9.40. The molecule has 0 radical (unpaired) electrons. The third-order valence-corrected chi connectivity index (χ3v) is 5.52. The zero-order valence-electron chi connectivity index (χ0n) is 17.8. The summed E-state index contributed by atoms with van der Waals surface area (Å²) in [5.41, 5.74) is 5.76. The van der Waals surface area contributed by atoms with Gasteiger partial charge in [0.2, 0.25) is 0 Å². The molecule has 0 aliphatic heterocycles. The first-order chi connectivity index (χ1) is 14.4. The van der Waals surface area contributed by atoms with E-state index in [2.05, 4.69) is 0 Å². The Morgan fingerprint density at radius 2 is 0.900 bits per heavy atom. The van der Waals surface area contributed by atoms with Gasteiger partial charge in [0.1, 0.15) is 13.2 Å². The molecule has 4 heteroatoms. The van der Waals surface area contributed by atoms with E-state index in [0.29, 0.717) is 0 Å². The van der Waals surface area contributed by atoms with Gasteiger partial charge in [-0.15, -0.1) is 0 Å². The smallest absolute Gasteiger partial charge is 0.339 e. The van der Waals surface area contributed by atoms with Crippen LogP contribution in [0.2, 0.25) is 0 Å². The van der Waals surface area contributed by atoms with Crippen LogP contribution in [-0.4, -0.2) is 11.9 Å². The number of hydrogen-bond acceptors (Lipinski definition) is 4. The number of benzene rings is 3. The Morgan fingerprint density at radius 1 is 0.567 bits per heavy atom. The van der Waals surface area contributed by atoms with E-state index in [1.807, 2.05) is 88.4 Å². The molecule has 0 N–H and O–H groups in total. The Bertz CT molecular complexity index is 967. The van der Waals surface area contributed by atoms with Gasteiger partial charge in [-0.3, -0.25) is 0 Å². The van der Waals surface area contributed by atoms with Crippen molar-refractivity contribution in [3.8, 4) is 0 Å². The lowest BCUT2D eigenvalue weighted by molar-refractivity contribution is 0.0423. The Kier molecular flexibility index (Phi) is 6.68. The zero-order valence-corrected chi connectivity index (χ0v) is 17.8. The average Bonchev–Trinajstić information content (AvgIpc) is 2.78. The monoisotopic (exact) mass is 402 g/mol. The van der Waals surface area contributed by atoms with E-state index in [4.69, 9.17) is 9.47 Å². The van der Waals surface area contributed by atoms with Gasteiger partial charge in [-0.1, -0.05) is 60.7 Å². The van der Waals surface area contributed by atoms with Crippen molar-refractivity contribution in [1.82, 2.24) is 0 Å². The first-order valence-corrected chi connectivity index (χ1v) is 9.92. The molecule has 0 unspecified atom stereocenters. The summed E-state index contributed by atoms with van der Waals surface area (Å²) < 4.78 is 11.1. The number of rotatable bonds is 6. The molecule has 3 rings (SSSR count). The molecule has 0 aliphatic rings. The van der Waals surface area contributed by atoms with E-state index in [0.717, 1.165) is 33.4 Å². The van der Waals surface area contributed by atoms with Crippen molar-refractivity contribution in [2.45, 2.75) is 40.9 Å². The minimum atomic E-state index is -0.519. The van der Waals surface area contributed by atoms with Crippen molar-refractivity contribution in [1.29, 1.82) is 0 Å². The predicted molar refractivity (Wildman–Crippen MR) is 117 cm³/mol. The van der Waals surface area contributed by atoms with E-state index in [-0.39, 0.29) is 24.3 Å². The SMILES string of the molecule is Cc1c(C)c(C)c(C(=O)OCc2ccccc2)c(C(=O)OCc2ccccc2)c1C. The lowest BCUT2D eigenvalue weighted by Crippen LogP contribution is -2.19. The molecule has 0 amide bonds. The third kappa shape index (κ3) is 4.60. The molecule has 0 atom stereocenters. The minimum Gasteiger partial charge on any atom is -0.457 e. The summed E-state index contributed by atoms with van der Waals surface area (Å²) >= 11 is 0. The molecule has 3 aromatic rings. The Hall–Kier alpha value is -3.40. The van der Waals surface area contributed by atoms with Crippen LogP contribution in [0, 0.1) is 27.7 Å².